The number of aryl methyl sites for hydroxylation is 1. The third-order valence-electron chi connectivity index (χ3n) is 5.28. The molecule has 2 aromatic carbocycles. The van der Waals surface area contributed by atoms with Crippen molar-refractivity contribution < 1.29 is 37.3 Å². The largest absolute Gasteiger partial charge is 0.493 e. The number of hydrogen-bond acceptors (Lipinski definition) is 4. The SMILES string of the molecule is CC[C@@]1(C(=O)O)Cc2cc(OCCCOc3ccc(CCC(F)(F)F)cc3Cl)ccc2O1. The van der Waals surface area contributed by atoms with Gasteiger partial charge in [0.1, 0.15) is 17.2 Å². The highest BCUT2D eigenvalue weighted by molar-refractivity contribution is 6.32. The van der Waals surface area contributed by atoms with Crippen LogP contribution in [0.3, 0.4) is 0 Å². The zero-order chi connectivity index (χ0) is 23.4. The number of rotatable bonds is 10. The van der Waals surface area contributed by atoms with Crippen LogP contribution in [0, 0.1) is 0 Å². The second-order valence-electron chi connectivity index (χ2n) is 7.63. The molecule has 2 aromatic rings. The molecule has 32 heavy (non-hydrogen) atoms. The minimum Gasteiger partial charge on any atom is -0.493 e. The molecule has 0 amide bonds. The number of hydrogen-bond donors (Lipinski definition) is 1. The lowest BCUT2D eigenvalue weighted by Gasteiger charge is -2.21. The van der Waals surface area contributed by atoms with E-state index >= 15 is 0 Å². The van der Waals surface area contributed by atoms with Gasteiger partial charge >= 0.3 is 12.1 Å². The van der Waals surface area contributed by atoms with Crippen molar-refractivity contribution in [2.24, 2.45) is 0 Å². The van der Waals surface area contributed by atoms with Gasteiger partial charge in [-0.15, -0.1) is 0 Å². The normalized spacial score (nSPS) is 17.5. The molecule has 1 N–H and O–H groups in total. The number of fused-ring (bicyclic) bond motifs is 1. The number of halogens is 4. The first-order chi connectivity index (χ1) is 15.1. The third kappa shape index (κ3) is 6.00. The molecule has 9 heteroatoms. The average Bonchev–Trinajstić information content (AvgIpc) is 3.12. The third-order valence-corrected chi connectivity index (χ3v) is 5.58. The Kier molecular flexibility index (Phi) is 7.44. The Morgan fingerprint density at radius 2 is 1.94 bits per heavy atom. The van der Waals surface area contributed by atoms with Crippen molar-refractivity contribution in [1.29, 1.82) is 0 Å². The smallest absolute Gasteiger partial charge is 0.389 e. The Morgan fingerprint density at radius 3 is 2.59 bits per heavy atom. The van der Waals surface area contributed by atoms with Crippen LogP contribution in [0.2, 0.25) is 5.02 Å². The van der Waals surface area contributed by atoms with Crippen LogP contribution in [-0.2, 0) is 17.6 Å². The van der Waals surface area contributed by atoms with Gasteiger partial charge in [-0.1, -0.05) is 24.6 Å². The lowest BCUT2D eigenvalue weighted by Crippen LogP contribution is -2.42. The first-order valence-electron chi connectivity index (χ1n) is 10.3. The van der Waals surface area contributed by atoms with E-state index in [1.54, 1.807) is 37.3 Å². The maximum Gasteiger partial charge on any atom is 0.389 e. The van der Waals surface area contributed by atoms with Crippen LogP contribution in [0.4, 0.5) is 13.2 Å². The van der Waals surface area contributed by atoms with Crippen molar-refractivity contribution in [2.45, 2.75) is 50.8 Å². The van der Waals surface area contributed by atoms with Gasteiger partial charge in [0.15, 0.2) is 0 Å². The number of carbonyl (C=O) groups is 1. The maximum absolute atomic E-state index is 12.3. The van der Waals surface area contributed by atoms with Crippen LogP contribution in [0.1, 0.15) is 37.3 Å². The molecule has 0 radical (unpaired) electrons. The summed E-state index contributed by atoms with van der Waals surface area (Å²) in [5.74, 6) is 0.583. The van der Waals surface area contributed by atoms with Gasteiger partial charge in [-0.05, 0) is 48.7 Å². The summed E-state index contributed by atoms with van der Waals surface area (Å²) in [6.45, 7) is 2.45. The molecule has 0 spiro atoms. The first kappa shape index (κ1) is 24.0. The molecular weight excluding hydrogens is 449 g/mol. The van der Waals surface area contributed by atoms with Gasteiger partial charge in [-0.3, -0.25) is 0 Å². The van der Waals surface area contributed by atoms with E-state index in [1.165, 1.54) is 6.07 Å². The summed E-state index contributed by atoms with van der Waals surface area (Å²) < 4.78 is 54.0. The lowest BCUT2D eigenvalue weighted by molar-refractivity contribution is -0.154. The molecule has 0 unspecified atom stereocenters. The van der Waals surface area contributed by atoms with Gasteiger partial charge < -0.3 is 19.3 Å². The molecule has 0 saturated carbocycles. The molecule has 1 atom stereocenters. The molecule has 1 aliphatic heterocycles. The quantitative estimate of drug-likeness (QED) is 0.439. The van der Waals surface area contributed by atoms with E-state index in [2.05, 4.69) is 0 Å². The van der Waals surface area contributed by atoms with Gasteiger partial charge in [-0.25, -0.2) is 4.79 Å². The monoisotopic (exact) mass is 472 g/mol. The van der Waals surface area contributed by atoms with Crippen molar-refractivity contribution in [1.82, 2.24) is 0 Å². The second kappa shape index (κ2) is 9.90. The molecule has 1 heterocycles. The fourth-order valence-corrected chi connectivity index (χ4v) is 3.70. The second-order valence-corrected chi connectivity index (χ2v) is 8.04. The summed E-state index contributed by atoms with van der Waals surface area (Å²) >= 11 is 6.11. The van der Waals surface area contributed by atoms with Crippen molar-refractivity contribution in [3.8, 4) is 17.2 Å². The Hall–Kier alpha value is -2.61. The van der Waals surface area contributed by atoms with E-state index in [0.717, 1.165) is 5.56 Å². The standard InChI is InChI=1S/C23H24ClF3O5/c1-2-22(21(28)29)14-16-13-17(5-7-19(16)32-22)30-10-3-11-31-20-6-4-15(12-18(20)24)8-9-23(25,26)27/h4-7,12-13H,2-3,8-11,14H2,1H3,(H,28,29)/t22-/m0/s1. The highest BCUT2D eigenvalue weighted by Crippen LogP contribution is 2.39. The fraction of sp³-hybridized carbons (Fsp3) is 0.435. The molecule has 174 valence electrons. The molecular formula is C23H24ClF3O5. The van der Waals surface area contributed by atoms with Crippen molar-refractivity contribution in [3.63, 3.8) is 0 Å². The molecule has 0 saturated heterocycles. The van der Waals surface area contributed by atoms with E-state index in [9.17, 15) is 23.1 Å². The Bertz CT molecular complexity index is 963. The van der Waals surface area contributed by atoms with Crippen molar-refractivity contribution in [3.05, 3.63) is 52.5 Å². The van der Waals surface area contributed by atoms with Gasteiger partial charge in [-0.2, -0.15) is 13.2 Å². The number of benzene rings is 2. The Labute approximate surface area is 189 Å². The minimum absolute atomic E-state index is 0.130. The van der Waals surface area contributed by atoms with Crippen LogP contribution in [0.5, 0.6) is 17.2 Å². The fourth-order valence-electron chi connectivity index (χ4n) is 3.44. The summed E-state index contributed by atoms with van der Waals surface area (Å²) in [4.78, 5) is 11.6. The van der Waals surface area contributed by atoms with E-state index in [4.69, 9.17) is 25.8 Å². The predicted molar refractivity (Wildman–Crippen MR) is 113 cm³/mol. The molecule has 3 rings (SSSR count). The predicted octanol–water partition coefficient (Wildman–Crippen LogP) is 5.85. The van der Waals surface area contributed by atoms with Crippen LogP contribution in [0.25, 0.3) is 0 Å². The summed E-state index contributed by atoms with van der Waals surface area (Å²) in [7, 11) is 0. The molecule has 0 aliphatic carbocycles. The number of alkyl halides is 3. The number of carboxylic acid groups (broad SMARTS) is 1. The summed E-state index contributed by atoms with van der Waals surface area (Å²) in [5, 5.41) is 9.73. The summed E-state index contributed by atoms with van der Waals surface area (Å²) in [6, 6.07) is 9.85. The number of aliphatic carboxylic acids is 1. The first-order valence-corrected chi connectivity index (χ1v) is 10.7. The Balaban J connectivity index is 1.44. The molecule has 0 fully saturated rings. The zero-order valence-corrected chi connectivity index (χ0v) is 18.3. The van der Waals surface area contributed by atoms with Crippen LogP contribution in [-0.4, -0.2) is 36.1 Å². The van der Waals surface area contributed by atoms with Gasteiger partial charge in [0.25, 0.3) is 0 Å². The van der Waals surface area contributed by atoms with E-state index < -0.39 is 24.2 Å². The maximum atomic E-state index is 12.3. The number of carboxylic acids is 1. The molecule has 1 aliphatic rings. The zero-order valence-electron chi connectivity index (χ0n) is 17.5. The van der Waals surface area contributed by atoms with E-state index in [1.807, 2.05) is 0 Å². The van der Waals surface area contributed by atoms with Crippen molar-refractivity contribution in [2.75, 3.05) is 13.2 Å². The molecule has 0 aromatic heterocycles. The summed E-state index contributed by atoms with van der Waals surface area (Å²) in [6.07, 6.45) is -4.04. The van der Waals surface area contributed by atoms with E-state index in [-0.39, 0.29) is 17.9 Å². The van der Waals surface area contributed by atoms with Crippen LogP contribution in [0.15, 0.2) is 36.4 Å². The topological polar surface area (TPSA) is 65.0 Å². The lowest BCUT2D eigenvalue weighted by atomic mass is 9.94. The van der Waals surface area contributed by atoms with E-state index in [0.29, 0.717) is 48.9 Å². The number of ether oxygens (including phenoxy) is 3. The van der Waals surface area contributed by atoms with Gasteiger partial charge in [0, 0.05) is 24.8 Å². The average molecular weight is 473 g/mol. The van der Waals surface area contributed by atoms with Gasteiger partial charge in [0.05, 0.1) is 18.2 Å². The van der Waals surface area contributed by atoms with Crippen LogP contribution >= 0.6 is 11.6 Å². The highest BCUT2D eigenvalue weighted by Gasteiger charge is 2.45. The highest BCUT2D eigenvalue weighted by atomic mass is 35.5. The summed E-state index contributed by atoms with van der Waals surface area (Å²) in [5.41, 5.74) is 0.0649. The minimum atomic E-state index is -4.21. The molecule has 5 nitrogen and oxygen atoms in total. The molecule has 0 bridgehead atoms. The Morgan fingerprint density at radius 1 is 1.19 bits per heavy atom. The van der Waals surface area contributed by atoms with Crippen molar-refractivity contribution >= 4 is 17.6 Å². The van der Waals surface area contributed by atoms with Gasteiger partial charge in [0.2, 0.25) is 5.60 Å². The van der Waals surface area contributed by atoms with Crippen LogP contribution < -0.4 is 14.2 Å².